The van der Waals surface area contributed by atoms with Gasteiger partial charge in [0, 0.05) is 17.5 Å². The van der Waals surface area contributed by atoms with E-state index in [-0.39, 0.29) is 5.41 Å². The van der Waals surface area contributed by atoms with Gasteiger partial charge < -0.3 is 0 Å². The minimum absolute atomic E-state index is 0.107. The van der Waals surface area contributed by atoms with Crippen LogP contribution in [0.15, 0.2) is 54.6 Å². The van der Waals surface area contributed by atoms with Crippen molar-refractivity contribution in [3.63, 3.8) is 0 Å². The van der Waals surface area contributed by atoms with Crippen molar-refractivity contribution in [3.8, 4) is 0 Å². The van der Waals surface area contributed by atoms with Crippen LogP contribution in [0.1, 0.15) is 43.2 Å². The van der Waals surface area contributed by atoms with Crippen molar-refractivity contribution in [2.24, 2.45) is 0 Å². The molecule has 0 amide bonds. The SMILES string of the molecule is CC(C)(C)c1ccc(Cc2ccc3cc(C(F)(F)F)ccc3n2)cc1. The second kappa shape index (κ2) is 6.17. The highest BCUT2D eigenvalue weighted by Gasteiger charge is 2.30. The van der Waals surface area contributed by atoms with Gasteiger partial charge in [-0.05, 0) is 40.8 Å². The number of alkyl halides is 3. The molecule has 1 nitrogen and oxygen atoms in total. The lowest BCUT2D eigenvalue weighted by Gasteiger charge is -2.19. The second-order valence-electron chi connectivity index (χ2n) is 7.33. The summed E-state index contributed by atoms with van der Waals surface area (Å²) in [5.74, 6) is 0. The standard InChI is InChI=1S/C21H20F3N/c1-20(2,3)16-7-4-14(5-8-16)12-18-10-6-15-13-17(21(22,23)24)9-11-19(15)25-18/h4-11,13H,12H2,1-3H3. The van der Waals surface area contributed by atoms with E-state index in [1.54, 1.807) is 12.1 Å². The summed E-state index contributed by atoms with van der Waals surface area (Å²) < 4.78 is 38.3. The van der Waals surface area contributed by atoms with Crippen LogP contribution in [-0.2, 0) is 18.0 Å². The molecule has 0 spiro atoms. The smallest absolute Gasteiger partial charge is 0.252 e. The van der Waals surface area contributed by atoms with Crippen molar-refractivity contribution in [2.75, 3.05) is 0 Å². The van der Waals surface area contributed by atoms with E-state index in [9.17, 15) is 13.2 Å². The highest BCUT2D eigenvalue weighted by Crippen LogP contribution is 2.31. The molecule has 0 fully saturated rings. The zero-order valence-electron chi connectivity index (χ0n) is 14.5. The summed E-state index contributed by atoms with van der Waals surface area (Å²) in [6.07, 6.45) is -3.68. The number of nitrogens with zero attached hydrogens (tertiary/aromatic N) is 1. The fraction of sp³-hybridized carbons (Fsp3) is 0.286. The number of pyridine rings is 1. The third-order valence-corrected chi connectivity index (χ3v) is 4.28. The largest absolute Gasteiger partial charge is 0.416 e. The van der Waals surface area contributed by atoms with Crippen molar-refractivity contribution in [1.82, 2.24) is 4.98 Å². The lowest BCUT2D eigenvalue weighted by atomic mass is 9.86. The van der Waals surface area contributed by atoms with E-state index in [2.05, 4.69) is 50.0 Å². The predicted molar refractivity (Wildman–Crippen MR) is 94.7 cm³/mol. The minimum atomic E-state index is -4.33. The van der Waals surface area contributed by atoms with Crippen LogP contribution in [-0.4, -0.2) is 4.98 Å². The molecule has 0 aliphatic rings. The molecular weight excluding hydrogens is 323 g/mol. The predicted octanol–water partition coefficient (Wildman–Crippen LogP) is 6.14. The quantitative estimate of drug-likeness (QED) is 0.544. The lowest BCUT2D eigenvalue weighted by Crippen LogP contribution is -2.10. The summed E-state index contributed by atoms with van der Waals surface area (Å²) in [4.78, 5) is 4.50. The maximum Gasteiger partial charge on any atom is 0.416 e. The van der Waals surface area contributed by atoms with Gasteiger partial charge in [0.1, 0.15) is 0 Å². The number of hydrogen-bond acceptors (Lipinski definition) is 1. The van der Waals surface area contributed by atoms with Gasteiger partial charge in [0.25, 0.3) is 0 Å². The number of aromatic nitrogens is 1. The fourth-order valence-electron chi connectivity index (χ4n) is 2.77. The number of halogens is 3. The topological polar surface area (TPSA) is 12.9 Å². The average Bonchev–Trinajstić information content (AvgIpc) is 2.53. The molecule has 2 aromatic carbocycles. The molecular formula is C21H20F3N. The van der Waals surface area contributed by atoms with E-state index in [4.69, 9.17) is 0 Å². The van der Waals surface area contributed by atoms with Crippen LogP contribution in [0.3, 0.4) is 0 Å². The Morgan fingerprint density at radius 1 is 0.800 bits per heavy atom. The molecule has 0 saturated heterocycles. The van der Waals surface area contributed by atoms with Crippen molar-refractivity contribution < 1.29 is 13.2 Å². The molecule has 3 aromatic rings. The Bertz CT molecular complexity index is 888. The molecule has 0 aliphatic carbocycles. The Morgan fingerprint density at radius 2 is 1.44 bits per heavy atom. The van der Waals surface area contributed by atoms with Gasteiger partial charge in [-0.3, -0.25) is 4.98 Å². The number of benzene rings is 2. The van der Waals surface area contributed by atoms with Crippen LogP contribution < -0.4 is 0 Å². The third-order valence-electron chi connectivity index (χ3n) is 4.28. The third kappa shape index (κ3) is 4.01. The molecule has 0 aliphatic heterocycles. The van der Waals surface area contributed by atoms with Crippen molar-refractivity contribution in [3.05, 3.63) is 77.0 Å². The highest BCUT2D eigenvalue weighted by atomic mass is 19.4. The fourth-order valence-corrected chi connectivity index (χ4v) is 2.77. The molecule has 0 N–H and O–H groups in total. The van der Waals surface area contributed by atoms with E-state index in [1.807, 2.05) is 0 Å². The zero-order valence-corrected chi connectivity index (χ0v) is 14.5. The van der Waals surface area contributed by atoms with Crippen LogP contribution in [0, 0.1) is 0 Å². The number of hydrogen-bond donors (Lipinski definition) is 0. The zero-order chi connectivity index (χ0) is 18.2. The van der Waals surface area contributed by atoms with Crippen molar-refractivity contribution >= 4 is 10.9 Å². The number of fused-ring (bicyclic) bond motifs is 1. The molecule has 0 radical (unpaired) electrons. The van der Waals surface area contributed by atoms with E-state index < -0.39 is 11.7 Å². The van der Waals surface area contributed by atoms with Gasteiger partial charge in [0.15, 0.2) is 0 Å². The van der Waals surface area contributed by atoms with Crippen molar-refractivity contribution in [2.45, 2.75) is 38.8 Å². The summed E-state index contributed by atoms with van der Waals surface area (Å²) in [6.45, 7) is 6.51. The number of rotatable bonds is 2. The lowest BCUT2D eigenvalue weighted by molar-refractivity contribution is -0.137. The Hall–Kier alpha value is -2.36. The normalized spacial score (nSPS) is 12.6. The summed E-state index contributed by atoms with van der Waals surface area (Å²) >= 11 is 0. The van der Waals surface area contributed by atoms with Crippen LogP contribution >= 0.6 is 0 Å². The van der Waals surface area contributed by atoms with E-state index in [0.717, 1.165) is 23.4 Å². The maximum atomic E-state index is 12.8. The van der Waals surface area contributed by atoms with E-state index >= 15 is 0 Å². The molecule has 1 aromatic heterocycles. The molecule has 130 valence electrons. The van der Waals surface area contributed by atoms with Gasteiger partial charge >= 0.3 is 6.18 Å². The Morgan fingerprint density at radius 3 is 2.04 bits per heavy atom. The first-order valence-corrected chi connectivity index (χ1v) is 8.19. The summed E-state index contributed by atoms with van der Waals surface area (Å²) in [5.41, 5.74) is 3.28. The highest BCUT2D eigenvalue weighted by molar-refractivity contribution is 5.79. The van der Waals surface area contributed by atoms with Crippen LogP contribution in [0.25, 0.3) is 10.9 Å². The molecule has 1 heterocycles. The molecule has 4 heteroatoms. The summed E-state index contributed by atoms with van der Waals surface area (Å²) in [7, 11) is 0. The van der Waals surface area contributed by atoms with Gasteiger partial charge in [0.2, 0.25) is 0 Å². The molecule has 0 unspecified atom stereocenters. The summed E-state index contributed by atoms with van der Waals surface area (Å²) in [5, 5.41) is 0.502. The van der Waals surface area contributed by atoms with Crippen LogP contribution in [0.2, 0.25) is 0 Å². The Kier molecular flexibility index (Phi) is 4.31. The van der Waals surface area contributed by atoms with E-state index in [1.165, 1.54) is 11.6 Å². The first-order valence-electron chi connectivity index (χ1n) is 8.19. The molecule has 0 saturated carbocycles. The Balaban J connectivity index is 1.85. The maximum absolute atomic E-state index is 12.8. The molecule has 0 atom stereocenters. The van der Waals surface area contributed by atoms with Gasteiger partial charge in [-0.2, -0.15) is 13.2 Å². The van der Waals surface area contributed by atoms with Gasteiger partial charge in [-0.1, -0.05) is 51.1 Å². The second-order valence-corrected chi connectivity index (χ2v) is 7.33. The Labute approximate surface area is 145 Å². The van der Waals surface area contributed by atoms with Crippen LogP contribution in [0.4, 0.5) is 13.2 Å². The van der Waals surface area contributed by atoms with Gasteiger partial charge in [0.05, 0.1) is 11.1 Å². The van der Waals surface area contributed by atoms with Crippen molar-refractivity contribution in [1.29, 1.82) is 0 Å². The average molecular weight is 343 g/mol. The first-order chi connectivity index (χ1) is 11.6. The van der Waals surface area contributed by atoms with Gasteiger partial charge in [-0.25, -0.2) is 0 Å². The van der Waals surface area contributed by atoms with E-state index in [0.29, 0.717) is 17.3 Å². The first kappa shape index (κ1) is 17.5. The monoisotopic (exact) mass is 343 g/mol. The summed E-state index contributed by atoms with van der Waals surface area (Å²) in [6, 6.07) is 15.6. The molecule has 3 rings (SSSR count). The minimum Gasteiger partial charge on any atom is -0.252 e. The van der Waals surface area contributed by atoms with Crippen LogP contribution in [0.5, 0.6) is 0 Å². The molecule has 25 heavy (non-hydrogen) atoms. The molecule has 0 bridgehead atoms. The van der Waals surface area contributed by atoms with Gasteiger partial charge in [-0.15, -0.1) is 0 Å².